The average Bonchev–Trinajstić information content (AvgIpc) is 2.60. The number of ketones is 2. The molecule has 0 amide bonds. The van der Waals surface area contributed by atoms with Gasteiger partial charge in [-0.25, -0.2) is 14.4 Å². The fraction of sp³-hybridized carbons (Fsp3) is 0.125. The van der Waals surface area contributed by atoms with Gasteiger partial charge in [-0.1, -0.05) is 0 Å². The molecule has 1 aromatic heterocycles. The second-order valence-electron chi connectivity index (χ2n) is 4.83. The lowest BCUT2D eigenvalue weighted by atomic mass is 9.98. The number of hydrogen-bond donors (Lipinski definition) is 1. The number of halogens is 1. The second kappa shape index (κ2) is 6.40. The van der Waals surface area contributed by atoms with E-state index in [0.29, 0.717) is 5.69 Å². The van der Waals surface area contributed by atoms with Gasteiger partial charge in [-0.3, -0.25) is 9.59 Å². The smallest absolute Gasteiger partial charge is 0.220 e. The summed E-state index contributed by atoms with van der Waals surface area (Å²) in [7, 11) is 1.36. The van der Waals surface area contributed by atoms with E-state index in [1.54, 1.807) is 12.3 Å². The van der Waals surface area contributed by atoms with Crippen LogP contribution in [0.1, 0.15) is 20.8 Å². The van der Waals surface area contributed by atoms with Gasteiger partial charge in [0.05, 0.1) is 17.6 Å². The van der Waals surface area contributed by atoms with E-state index in [4.69, 9.17) is 4.74 Å². The molecule has 1 heterocycles. The summed E-state index contributed by atoms with van der Waals surface area (Å²) in [5.41, 5.74) is 0.610. The predicted octanol–water partition coefficient (Wildman–Crippen LogP) is 2.69. The van der Waals surface area contributed by atoms with Crippen LogP contribution in [0.25, 0.3) is 0 Å². The Morgan fingerprint density at radius 1 is 1.25 bits per heavy atom. The molecule has 8 heteroatoms. The molecule has 0 aliphatic heterocycles. The van der Waals surface area contributed by atoms with E-state index in [2.05, 4.69) is 15.3 Å². The third kappa shape index (κ3) is 2.65. The zero-order valence-corrected chi connectivity index (χ0v) is 13.6. The van der Waals surface area contributed by atoms with E-state index in [9.17, 15) is 14.0 Å². The molecule has 122 valence electrons. The lowest BCUT2D eigenvalue weighted by Gasteiger charge is -2.20. The largest absolute Gasteiger partial charge is 0.494 e. The van der Waals surface area contributed by atoms with E-state index in [0.717, 1.165) is 11.8 Å². The lowest BCUT2D eigenvalue weighted by Crippen LogP contribution is -2.26. The number of carbonyl (C=O) groups excluding carboxylic acids is 2. The maximum atomic E-state index is 13.8. The van der Waals surface area contributed by atoms with Crippen LogP contribution in [0.2, 0.25) is 0 Å². The molecule has 1 aromatic carbocycles. The Hall–Kier alpha value is -2.74. The Balaban J connectivity index is 2.04. The number of aromatic nitrogens is 2. The maximum Gasteiger partial charge on any atom is 0.220 e. The van der Waals surface area contributed by atoms with Crippen LogP contribution in [0.4, 0.5) is 10.1 Å². The summed E-state index contributed by atoms with van der Waals surface area (Å²) in [5.74, 6) is -1.27. The van der Waals surface area contributed by atoms with Gasteiger partial charge in [-0.15, -0.1) is 11.8 Å². The minimum Gasteiger partial charge on any atom is -0.494 e. The van der Waals surface area contributed by atoms with Crippen molar-refractivity contribution >= 4 is 29.0 Å². The predicted molar refractivity (Wildman–Crippen MR) is 87.8 cm³/mol. The van der Waals surface area contributed by atoms with Crippen LogP contribution in [0.3, 0.4) is 0 Å². The van der Waals surface area contributed by atoms with Gasteiger partial charge < -0.3 is 10.1 Å². The van der Waals surface area contributed by atoms with Crippen molar-refractivity contribution < 1.29 is 18.7 Å². The van der Waals surface area contributed by atoms with Crippen molar-refractivity contribution in [2.45, 2.75) is 0 Å². The summed E-state index contributed by atoms with van der Waals surface area (Å²) in [6.45, 7) is 0. The second-order valence-corrected chi connectivity index (χ2v) is 5.64. The number of carbonyl (C=O) groups is 2. The molecule has 0 spiro atoms. The van der Waals surface area contributed by atoms with Gasteiger partial charge in [0.2, 0.25) is 11.6 Å². The number of hydrogen-bond acceptors (Lipinski definition) is 7. The monoisotopic (exact) mass is 345 g/mol. The molecular weight excluding hydrogens is 333 g/mol. The standard InChI is InChI=1S/C16H12FN3O3S/c1-23-11-4-3-8(5-10(11)17)20-13-14(21)9-6-18-7-19-12(9)15(22)16(13)24-2/h3-7,20H,1-2H3. The van der Waals surface area contributed by atoms with E-state index >= 15 is 0 Å². The average molecular weight is 345 g/mol. The van der Waals surface area contributed by atoms with Crippen molar-refractivity contribution in [1.82, 2.24) is 9.97 Å². The maximum absolute atomic E-state index is 13.8. The Morgan fingerprint density at radius 3 is 2.71 bits per heavy atom. The SMILES string of the molecule is COc1ccc(NC2=C(SC)C(=O)c3ncncc3C2=O)cc1F. The molecule has 0 radical (unpaired) electrons. The molecule has 0 saturated heterocycles. The minimum atomic E-state index is -0.577. The molecule has 1 N–H and O–H groups in total. The summed E-state index contributed by atoms with van der Waals surface area (Å²) in [4.78, 5) is 33.1. The number of allylic oxidation sites excluding steroid dienone is 2. The highest BCUT2D eigenvalue weighted by atomic mass is 32.2. The zero-order valence-electron chi connectivity index (χ0n) is 12.8. The molecule has 6 nitrogen and oxygen atoms in total. The van der Waals surface area contributed by atoms with Gasteiger partial charge in [0.1, 0.15) is 17.7 Å². The van der Waals surface area contributed by atoms with Gasteiger partial charge >= 0.3 is 0 Å². The Bertz CT molecular complexity index is 883. The number of anilines is 1. The summed E-state index contributed by atoms with van der Waals surface area (Å²) < 4.78 is 18.7. The number of fused-ring (bicyclic) bond motifs is 1. The normalized spacial score (nSPS) is 13.8. The van der Waals surface area contributed by atoms with E-state index in [-0.39, 0.29) is 33.4 Å². The van der Waals surface area contributed by atoms with Crippen LogP contribution in [0.15, 0.2) is 41.3 Å². The summed E-state index contributed by atoms with van der Waals surface area (Å²) in [6.07, 6.45) is 4.21. The third-order valence-corrected chi connectivity index (χ3v) is 4.26. The van der Waals surface area contributed by atoms with Crippen molar-refractivity contribution in [2.24, 2.45) is 0 Å². The van der Waals surface area contributed by atoms with Gasteiger partial charge in [-0.05, 0) is 18.4 Å². The van der Waals surface area contributed by atoms with Gasteiger partial charge in [0, 0.05) is 18.0 Å². The Labute approximate surface area is 141 Å². The van der Waals surface area contributed by atoms with Crippen LogP contribution < -0.4 is 10.1 Å². The molecule has 3 rings (SSSR count). The van der Waals surface area contributed by atoms with Crippen molar-refractivity contribution in [3.8, 4) is 5.75 Å². The molecule has 1 aliphatic rings. The van der Waals surface area contributed by atoms with Crippen LogP contribution >= 0.6 is 11.8 Å². The van der Waals surface area contributed by atoms with Crippen LogP contribution in [0, 0.1) is 5.82 Å². The highest BCUT2D eigenvalue weighted by Gasteiger charge is 2.33. The quantitative estimate of drug-likeness (QED) is 0.912. The molecule has 2 aromatic rings. The topological polar surface area (TPSA) is 81.2 Å². The number of methoxy groups -OCH3 is 1. The number of thioether (sulfide) groups is 1. The van der Waals surface area contributed by atoms with Crippen LogP contribution in [-0.4, -0.2) is 34.9 Å². The first-order chi connectivity index (χ1) is 11.6. The van der Waals surface area contributed by atoms with Gasteiger partial charge in [0.15, 0.2) is 11.6 Å². The lowest BCUT2D eigenvalue weighted by molar-refractivity contribution is 0.0978. The van der Waals surface area contributed by atoms with E-state index in [1.807, 2.05) is 0 Å². The number of Topliss-reactive ketones (excluding diaryl/α,β-unsaturated/α-hetero) is 2. The molecule has 24 heavy (non-hydrogen) atoms. The van der Waals surface area contributed by atoms with Crippen molar-refractivity contribution in [1.29, 1.82) is 0 Å². The number of benzene rings is 1. The first-order valence-electron chi connectivity index (χ1n) is 6.85. The fourth-order valence-electron chi connectivity index (χ4n) is 2.33. The van der Waals surface area contributed by atoms with E-state index < -0.39 is 11.6 Å². The Kier molecular flexibility index (Phi) is 4.30. The summed E-state index contributed by atoms with van der Waals surface area (Å²) in [5, 5.41) is 2.83. The molecule has 0 atom stereocenters. The highest BCUT2D eigenvalue weighted by molar-refractivity contribution is 8.03. The molecule has 0 bridgehead atoms. The summed E-state index contributed by atoms with van der Waals surface area (Å²) in [6, 6.07) is 4.18. The van der Waals surface area contributed by atoms with Crippen LogP contribution in [-0.2, 0) is 0 Å². The number of ether oxygens (including phenoxy) is 1. The van der Waals surface area contributed by atoms with Crippen molar-refractivity contribution in [2.75, 3.05) is 18.7 Å². The molecule has 0 fully saturated rings. The van der Waals surface area contributed by atoms with Crippen molar-refractivity contribution in [3.63, 3.8) is 0 Å². The number of nitrogens with one attached hydrogen (secondary N) is 1. The Morgan fingerprint density at radius 2 is 2.04 bits per heavy atom. The number of rotatable bonds is 4. The van der Waals surface area contributed by atoms with Crippen LogP contribution in [0.5, 0.6) is 5.75 Å². The summed E-state index contributed by atoms with van der Waals surface area (Å²) >= 11 is 1.13. The highest BCUT2D eigenvalue weighted by Crippen LogP contribution is 2.31. The first kappa shape index (κ1) is 16.1. The van der Waals surface area contributed by atoms with E-state index in [1.165, 1.54) is 31.8 Å². The molecule has 0 unspecified atom stereocenters. The molecule has 1 aliphatic carbocycles. The van der Waals surface area contributed by atoms with Gasteiger partial charge in [-0.2, -0.15) is 0 Å². The van der Waals surface area contributed by atoms with Crippen molar-refractivity contribution in [3.05, 3.63) is 58.4 Å². The fourth-order valence-corrected chi connectivity index (χ4v) is 2.96. The zero-order chi connectivity index (χ0) is 17.3. The molecular formula is C16H12FN3O3S. The third-order valence-electron chi connectivity index (χ3n) is 3.46. The number of nitrogens with zero attached hydrogens (tertiary/aromatic N) is 2. The van der Waals surface area contributed by atoms with Gasteiger partial charge in [0.25, 0.3) is 0 Å². The minimum absolute atomic E-state index is 0.0748. The first-order valence-corrected chi connectivity index (χ1v) is 8.07. The molecule has 0 saturated carbocycles.